The minimum Gasteiger partial charge on any atom is -0.386 e. The Morgan fingerprint density at radius 3 is 2.48 bits per heavy atom. The summed E-state index contributed by atoms with van der Waals surface area (Å²) >= 11 is 0. The van der Waals surface area contributed by atoms with Crippen LogP contribution in [0.1, 0.15) is 63.5 Å². The number of hydrogen-bond acceptors (Lipinski definition) is 4. The molecule has 5 nitrogen and oxygen atoms in total. The third kappa shape index (κ3) is 8.41. The number of benzene rings is 1. The van der Waals surface area contributed by atoms with Crippen molar-refractivity contribution in [3.8, 4) is 0 Å². The summed E-state index contributed by atoms with van der Waals surface area (Å²) in [6, 6.07) is 9.29. The van der Waals surface area contributed by atoms with Gasteiger partial charge in [-0.15, -0.1) is 0 Å². The van der Waals surface area contributed by atoms with Gasteiger partial charge in [-0.2, -0.15) is 0 Å². The molecule has 1 aliphatic heterocycles. The molecular formula is C22H36N2O3. The molecule has 2 N–H and O–H groups in total. The summed E-state index contributed by atoms with van der Waals surface area (Å²) in [4.78, 5) is 14.7. The number of aliphatic hydroxyl groups is 1. The molecule has 1 saturated heterocycles. The number of carbonyl (C=O) groups is 1. The lowest BCUT2D eigenvalue weighted by Crippen LogP contribution is -2.49. The molecule has 1 aromatic rings. The van der Waals surface area contributed by atoms with E-state index in [1.165, 1.54) is 25.7 Å². The van der Waals surface area contributed by atoms with E-state index in [0.717, 1.165) is 31.5 Å². The Hall–Kier alpha value is -1.43. The van der Waals surface area contributed by atoms with Gasteiger partial charge in [-0.3, -0.25) is 9.69 Å². The first-order valence-electron chi connectivity index (χ1n) is 10.5. The molecule has 1 aromatic carbocycles. The van der Waals surface area contributed by atoms with E-state index in [9.17, 15) is 9.90 Å². The second-order valence-electron chi connectivity index (χ2n) is 7.46. The number of nitrogens with one attached hydrogen (secondary N) is 1. The summed E-state index contributed by atoms with van der Waals surface area (Å²) in [6.45, 7) is 5.94. The minimum atomic E-state index is -0.706. The van der Waals surface area contributed by atoms with Gasteiger partial charge in [0.05, 0.1) is 19.3 Å². The molecule has 0 spiro atoms. The molecule has 152 valence electrons. The monoisotopic (exact) mass is 376 g/mol. The fourth-order valence-electron chi connectivity index (χ4n) is 3.51. The molecule has 2 rings (SSSR count). The van der Waals surface area contributed by atoms with Crippen molar-refractivity contribution in [3.05, 3.63) is 35.9 Å². The van der Waals surface area contributed by atoms with Gasteiger partial charge >= 0.3 is 0 Å². The number of nitrogens with zero attached hydrogens (tertiary/aromatic N) is 1. The minimum absolute atomic E-state index is 0.0405. The largest absolute Gasteiger partial charge is 0.386 e. The van der Waals surface area contributed by atoms with E-state index in [4.69, 9.17) is 4.74 Å². The fourth-order valence-corrected chi connectivity index (χ4v) is 3.51. The Labute approximate surface area is 164 Å². The number of amides is 1. The Morgan fingerprint density at radius 2 is 1.78 bits per heavy atom. The van der Waals surface area contributed by atoms with Gasteiger partial charge in [0.15, 0.2) is 0 Å². The average molecular weight is 377 g/mol. The zero-order valence-electron chi connectivity index (χ0n) is 16.7. The van der Waals surface area contributed by atoms with Gasteiger partial charge in [0, 0.05) is 26.1 Å². The molecule has 0 aliphatic carbocycles. The van der Waals surface area contributed by atoms with Gasteiger partial charge in [-0.1, -0.05) is 69.4 Å². The van der Waals surface area contributed by atoms with Crippen molar-refractivity contribution in [1.29, 1.82) is 0 Å². The van der Waals surface area contributed by atoms with Crippen molar-refractivity contribution in [2.45, 2.75) is 64.0 Å². The number of aliphatic hydroxyl groups excluding tert-OH is 1. The van der Waals surface area contributed by atoms with Crippen LogP contribution in [0.2, 0.25) is 0 Å². The molecule has 0 saturated carbocycles. The van der Waals surface area contributed by atoms with Gasteiger partial charge in [-0.25, -0.2) is 0 Å². The lowest BCUT2D eigenvalue weighted by Gasteiger charge is -2.33. The molecule has 0 aromatic heterocycles. The lowest BCUT2D eigenvalue weighted by molar-refractivity contribution is -0.123. The summed E-state index contributed by atoms with van der Waals surface area (Å²) in [5.74, 6) is 0.0405. The molecule has 0 radical (unpaired) electrons. The van der Waals surface area contributed by atoms with Crippen LogP contribution in [0, 0.1) is 0 Å². The predicted molar refractivity (Wildman–Crippen MR) is 109 cm³/mol. The highest BCUT2D eigenvalue weighted by molar-refractivity contribution is 5.76. The first-order chi connectivity index (χ1) is 13.2. The molecule has 0 bridgehead atoms. The third-order valence-corrected chi connectivity index (χ3v) is 5.18. The highest BCUT2D eigenvalue weighted by atomic mass is 16.5. The molecule has 5 heteroatoms. The maximum atomic E-state index is 12.5. The number of hydrogen-bond donors (Lipinski definition) is 2. The highest BCUT2D eigenvalue weighted by Gasteiger charge is 2.26. The summed E-state index contributed by atoms with van der Waals surface area (Å²) in [5, 5.41) is 13.9. The maximum Gasteiger partial charge on any atom is 0.220 e. The Kier molecular flexibility index (Phi) is 10.4. The molecule has 1 aliphatic rings. The summed E-state index contributed by atoms with van der Waals surface area (Å²) in [7, 11) is 0. The van der Waals surface area contributed by atoms with E-state index >= 15 is 0 Å². The van der Waals surface area contributed by atoms with Crippen molar-refractivity contribution >= 4 is 5.91 Å². The smallest absolute Gasteiger partial charge is 0.220 e. The molecule has 1 fully saturated rings. The van der Waals surface area contributed by atoms with Crippen LogP contribution in [-0.2, 0) is 9.53 Å². The number of rotatable bonds is 12. The Bertz CT molecular complexity index is 518. The summed E-state index contributed by atoms with van der Waals surface area (Å²) in [6.07, 6.45) is 6.81. The zero-order chi connectivity index (χ0) is 19.3. The fraction of sp³-hybridized carbons (Fsp3) is 0.682. The van der Waals surface area contributed by atoms with Crippen molar-refractivity contribution < 1.29 is 14.6 Å². The Morgan fingerprint density at radius 1 is 1.11 bits per heavy atom. The number of unbranched alkanes of at least 4 members (excludes halogenated alkanes) is 5. The van der Waals surface area contributed by atoms with Gasteiger partial charge in [-0.05, 0) is 12.0 Å². The SMILES string of the molecule is CCCCCCCCC(=O)NC(CN1CCOCC1)C(O)c1ccccc1. The van der Waals surface area contributed by atoms with Crippen LogP contribution in [0.4, 0.5) is 0 Å². The second-order valence-corrected chi connectivity index (χ2v) is 7.46. The van der Waals surface area contributed by atoms with Crippen molar-refractivity contribution in [2.24, 2.45) is 0 Å². The maximum absolute atomic E-state index is 12.5. The molecule has 1 heterocycles. The van der Waals surface area contributed by atoms with E-state index in [2.05, 4.69) is 17.1 Å². The van der Waals surface area contributed by atoms with E-state index < -0.39 is 6.10 Å². The van der Waals surface area contributed by atoms with Crippen LogP contribution in [0.25, 0.3) is 0 Å². The molecule has 2 unspecified atom stereocenters. The normalized spacial score (nSPS) is 17.4. The van der Waals surface area contributed by atoms with Crippen LogP contribution < -0.4 is 5.32 Å². The van der Waals surface area contributed by atoms with E-state index in [-0.39, 0.29) is 11.9 Å². The first-order valence-corrected chi connectivity index (χ1v) is 10.5. The predicted octanol–water partition coefficient (Wildman–Crippen LogP) is 3.29. The van der Waals surface area contributed by atoms with E-state index in [1.54, 1.807) is 0 Å². The van der Waals surface area contributed by atoms with Crippen LogP contribution in [0.3, 0.4) is 0 Å². The Balaban J connectivity index is 1.85. The highest BCUT2D eigenvalue weighted by Crippen LogP contribution is 2.18. The van der Waals surface area contributed by atoms with Gasteiger partial charge < -0.3 is 15.2 Å². The molecule has 1 amide bonds. The summed E-state index contributed by atoms with van der Waals surface area (Å²) in [5.41, 5.74) is 0.843. The topological polar surface area (TPSA) is 61.8 Å². The van der Waals surface area contributed by atoms with Crippen LogP contribution in [-0.4, -0.2) is 54.8 Å². The first kappa shape index (κ1) is 21.9. The number of morpholine rings is 1. The van der Waals surface area contributed by atoms with E-state index in [0.29, 0.717) is 26.2 Å². The third-order valence-electron chi connectivity index (χ3n) is 5.18. The van der Waals surface area contributed by atoms with Crippen LogP contribution >= 0.6 is 0 Å². The second kappa shape index (κ2) is 12.9. The van der Waals surface area contributed by atoms with Crippen LogP contribution in [0.15, 0.2) is 30.3 Å². The van der Waals surface area contributed by atoms with Crippen molar-refractivity contribution in [2.75, 3.05) is 32.8 Å². The van der Waals surface area contributed by atoms with E-state index in [1.807, 2.05) is 30.3 Å². The van der Waals surface area contributed by atoms with Gasteiger partial charge in [0.2, 0.25) is 5.91 Å². The molecule has 2 atom stereocenters. The average Bonchev–Trinajstić information content (AvgIpc) is 2.71. The lowest BCUT2D eigenvalue weighted by atomic mass is 10.0. The zero-order valence-corrected chi connectivity index (χ0v) is 16.7. The van der Waals surface area contributed by atoms with Crippen molar-refractivity contribution in [3.63, 3.8) is 0 Å². The van der Waals surface area contributed by atoms with Gasteiger partial charge in [0.1, 0.15) is 6.10 Å². The molecular weight excluding hydrogens is 340 g/mol. The number of ether oxygens (including phenoxy) is 1. The van der Waals surface area contributed by atoms with Gasteiger partial charge in [0.25, 0.3) is 0 Å². The quantitative estimate of drug-likeness (QED) is 0.550. The standard InChI is InChI=1S/C22H36N2O3/c1-2-3-4-5-6-10-13-21(25)23-20(18-24-14-16-27-17-15-24)22(26)19-11-8-7-9-12-19/h7-9,11-12,20,22,26H,2-6,10,13-18H2,1H3,(H,23,25). The van der Waals surface area contributed by atoms with Crippen molar-refractivity contribution in [1.82, 2.24) is 10.2 Å². The molecule has 27 heavy (non-hydrogen) atoms. The van der Waals surface area contributed by atoms with Crippen LogP contribution in [0.5, 0.6) is 0 Å². The summed E-state index contributed by atoms with van der Waals surface area (Å²) < 4.78 is 5.41. The number of carbonyl (C=O) groups excluding carboxylic acids is 1.